The molecular weight excluding hydrogens is 396 g/mol. The first-order chi connectivity index (χ1) is 13.3. The molecule has 28 heavy (non-hydrogen) atoms. The molecule has 7 heteroatoms. The van der Waals surface area contributed by atoms with Crippen LogP contribution in [0.1, 0.15) is 41.6 Å². The van der Waals surface area contributed by atoms with Crippen LogP contribution in [0.3, 0.4) is 0 Å². The minimum Gasteiger partial charge on any atom is -0.348 e. The van der Waals surface area contributed by atoms with Gasteiger partial charge in [-0.1, -0.05) is 40.9 Å². The summed E-state index contributed by atoms with van der Waals surface area (Å²) in [6.07, 6.45) is 6.51. The third-order valence-corrected chi connectivity index (χ3v) is 6.51. The van der Waals surface area contributed by atoms with Gasteiger partial charge in [-0.3, -0.25) is 9.52 Å². The number of sulfonamides is 1. The Balaban J connectivity index is 1.77. The Morgan fingerprint density at radius 2 is 1.86 bits per heavy atom. The molecule has 0 aliphatic heterocycles. The lowest BCUT2D eigenvalue weighted by Gasteiger charge is -2.14. The zero-order chi connectivity index (χ0) is 20.1. The molecule has 0 bridgehead atoms. The SMILES string of the molecule is Cc1ccc(NS(=O)(=O)c2cc(C(=O)NCC3=CCCCC3)ccc2Cl)cc1. The van der Waals surface area contributed by atoms with Gasteiger partial charge in [-0.25, -0.2) is 8.42 Å². The molecule has 0 unspecified atom stereocenters. The number of hydrogen-bond acceptors (Lipinski definition) is 3. The predicted octanol–water partition coefficient (Wildman–Crippen LogP) is 4.68. The van der Waals surface area contributed by atoms with E-state index in [0.29, 0.717) is 12.2 Å². The van der Waals surface area contributed by atoms with Crippen molar-refractivity contribution in [2.75, 3.05) is 11.3 Å². The van der Waals surface area contributed by atoms with Gasteiger partial charge in [0.1, 0.15) is 4.90 Å². The molecule has 0 fully saturated rings. The van der Waals surface area contributed by atoms with Crippen LogP contribution in [-0.2, 0) is 10.0 Å². The summed E-state index contributed by atoms with van der Waals surface area (Å²) < 4.78 is 28.0. The average molecular weight is 419 g/mol. The highest BCUT2D eigenvalue weighted by Gasteiger charge is 2.20. The number of benzene rings is 2. The van der Waals surface area contributed by atoms with Crippen LogP contribution in [0.2, 0.25) is 5.02 Å². The van der Waals surface area contributed by atoms with E-state index in [-0.39, 0.29) is 21.4 Å². The number of amides is 1. The Morgan fingerprint density at radius 1 is 1.11 bits per heavy atom. The molecule has 0 aromatic heterocycles. The second kappa shape index (κ2) is 8.80. The standard InChI is InChI=1S/C21H23ClN2O3S/c1-15-7-10-18(11-8-15)24-28(26,27)20-13-17(9-12-19(20)22)21(25)23-14-16-5-3-2-4-6-16/h5,7-13,24H,2-4,6,14H2,1H3,(H,23,25). The number of aryl methyl sites for hydroxylation is 1. The predicted molar refractivity (Wildman–Crippen MR) is 112 cm³/mol. The lowest BCUT2D eigenvalue weighted by molar-refractivity contribution is 0.0956. The average Bonchev–Trinajstić information content (AvgIpc) is 2.69. The van der Waals surface area contributed by atoms with Crippen molar-refractivity contribution in [3.8, 4) is 0 Å². The van der Waals surface area contributed by atoms with Gasteiger partial charge in [0, 0.05) is 17.8 Å². The first kappa shape index (κ1) is 20.4. The summed E-state index contributed by atoms with van der Waals surface area (Å²) >= 11 is 6.12. The summed E-state index contributed by atoms with van der Waals surface area (Å²) in [7, 11) is -3.92. The van der Waals surface area contributed by atoms with Gasteiger partial charge in [-0.2, -0.15) is 0 Å². The van der Waals surface area contributed by atoms with Crippen molar-refractivity contribution in [2.24, 2.45) is 0 Å². The summed E-state index contributed by atoms with van der Waals surface area (Å²) in [4.78, 5) is 12.4. The lowest BCUT2D eigenvalue weighted by atomic mass is 9.99. The van der Waals surface area contributed by atoms with E-state index in [1.54, 1.807) is 12.1 Å². The highest BCUT2D eigenvalue weighted by Crippen LogP contribution is 2.25. The van der Waals surface area contributed by atoms with Crippen molar-refractivity contribution in [2.45, 2.75) is 37.5 Å². The molecule has 2 aromatic rings. The molecule has 0 radical (unpaired) electrons. The van der Waals surface area contributed by atoms with E-state index < -0.39 is 10.0 Å². The zero-order valence-corrected chi connectivity index (χ0v) is 17.2. The van der Waals surface area contributed by atoms with E-state index in [0.717, 1.165) is 24.8 Å². The second-order valence-electron chi connectivity index (χ2n) is 6.91. The molecule has 1 aliphatic rings. The second-order valence-corrected chi connectivity index (χ2v) is 8.97. The van der Waals surface area contributed by atoms with Crippen LogP contribution >= 0.6 is 11.6 Å². The smallest absolute Gasteiger partial charge is 0.263 e. The van der Waals surface area contributed by atoms with Gasteiger partial charge in [0.15, 0.2) is 0 Å². The van der Waals surface area contributed by atoms with Gasteiger partial charge in [-0.15, -0.1) is 0 Å². The molecule has 1 aliphatic carbocycles. The fourth-order valence-electron chi connectivity index (χ4n) is 3.04. The summed E-state index contributed by atoms with van der Waals surface area (Å²) in [5.41, 5.74) is 2.92. The quantitative estimate of drug-likeness (QED) is 0.669. The minimum atomic E-state index is -3.92. The largest absolute Gasteiger partial charge is 0.348 e. The van der Waals surface area contributed by atoms with Crippen LogP contribution < -0.4 is 10.0 Å². The maximum absolute atomic E-state index is 12.8. The molecule has 0 atom stereocenters. The number of carbonyl (C=O) groups excluding carboxylic acids is 1. The summed E-state index contributed by atoms with van der Waals surface area (Å²) in [5, 5.41) is 2.92. The van der Waals surface area contributed by atoms with Crippen molar-refractivity contribution < 1.29 is 13.2 Å². The molecule has 1 amide bonds. The summed E-state index contributed by atoms with van der Waals surface area (Å²) in [5.74, 6) is -0.324. The van der Waals surface area contributed by atoms with Crippen molar-refractivity contribution in [1.82, 2.24) is 5.32 Å². The summed E-state index contributed by atoms with van der Waals surface area (Å²) in [6.45, 7) is 2.39. The Hall–Kier alpha value is -2.31. The first-order valence-electron chi connectivity index (χ1n) is 9.20. The molecule has 3 rings (SSSR count). The van der Waals surface area contributed by atoms with E-state index in [9.17, 15) is 13.2 Å². The Labute approximate surface area is 170 Å². The van der Waals surface area contributed by atoms with Gasteiger partial charge in [0.25, 0.3) is 15.9 Å². The molecule has 2 N–H and O–H groups in total. The molecule has 148 valence electrons. The molecule has 0 saturated carbocycles. The van der Waals surface area contributed by atoms with Crippen LogP contribution in [0.15, 0.2) is 59.0 Å². The van der Waals surface area contributed by atoms with Gasteiger partial charge in [0.05, 0.1) is 5.02 Å². The van der Waals surface area contributed by atoms with Gasteiger partial charge < -0.3 is 5.32 Å². The number of allylic oxidation sites excluding steroid dienone is 1. The van der Waals surface area contributed by atoms with E-state index in [2.05, 4.69) is 16.1 Å². The van der Waals surface area contributed by atoms with Gasteiger partial charge in [0.2, 0.25) is 0 Å². The van der Waals surface area contributed by atoms with E-state index in [1.807, 2.05) is 19.1 Å². The van der Waals surface area contributed by atoms with Crippen LogP contribution in [0.5, 0.6) is 0 Å². The topological polar surface area (TPSA) is 75.3 Å². The number of nitrogens with one attached hydrogen (secondary N) is 2. The molecule has 0 saturated heterocycles. The minimum absolute atomic E-state index is 0.0613. The number of anilines is 1. The number of rotatable bonds is 6. The fraction of sp³-hybridized carbons (Fsp3) is 0.286. The number of halogens is 1. The van der Waals surface area contributed by atoms with Crippen molar-refractivity contribution in [3.63, 3.8) is 0 Å². The maximum Gasteiger partial charge on any atom is 0.263 e. The monoisotopic (exact) mass is 418 g/mol. The molecule has 5 nitrogen and oxygen atoms in total. The summed E-state index contributed by atoms with van der Waals surface area (Å²) in [6, 6.07) is 11.2. The van der Waals surface area contributed by atoms with Crippen LogP contribution in [-0.4, -0.2) is 20.9 Å². The van der Waals surface area contributed by atoms with Crippen LogP contribution in [0, 0.1) is 6.92 Å². The highest BCUT2D eigenvalue weighted by atomic mass is 35.5. The zero-order valence-electron chi connectivity index (χ0n) is 15.7. The van der Waals surface area contributed by atoms with Crippen molar-refractivity contribution in [1.29, 1.82) is 0 Å². The van der Waals surface area contributed by atoms with E-state index >= 15 is 0 Å². The molecule has 2 aromatic carbocycles. The van der Waals surface area contributed by atoms with E-state index in [1.165, 1.54) is 30.2 Å². The van der Waals surface area contributed by atoms with Gasteiger partial charge >= 0.3 is 0 Å². The van der Waals surface area contributed by atoms with Gasteiger partial charge in [-0.05, 0) is 62.9 Å². The van der Waals surface area contributed by atoms with Crippen molar-refractivity contribution in [3.05, 3.63) is 70.3 Å². The van der Waals surface area contributed by atoms with Crippen LogP contribution in [0.4, 0.5) is 5.69 Å². The lowest BCUT2D eigenvalue weighted by Crippen LogP contribution is -2.26. The maximum atomic E-state index is 12.8. The third-order valence-electron chi connectivity index (χ3n) is 4.65. The molecular formula is C21H23ClN2O3S. The molecule has 0 spiro atoms. The Bertz CT molecular complexity index is 999. The van der Waals surface area contributed by atoms with Crippen molar-refractivity contribution >= 4 is 33.2 Å². The Morgan fingerprint density at radius 3 is 2.54 bits per heavy atom. The number of carbonyl (C=O) groups is 1. The van der Waals surface area contributed by atoms with Crippen LogP contribution in [0.25, 0.3) is 0 Å². The highest BCUT2D eigenvalue weighted by molar-refractivity contribution is 7.92. The molecule has 0 heterocycles. The number of hydrogen-bond donors (Lipinski definition) is 2. The van der Waals surface area contributed by atoms with E-state index in [4.69, 9.17) is 11.6 Å². The first-order valence-corrected chi connectivity index (χ1v) is 11.1. The fourth-order valence-corrected chi connectivity index (χ4v) is 4.63. The Kier molecular flexibility index (Phi) is 6.42. The third kappa shape index (κ3) is 5.14. The normalized spacial score (nSPS) is 14.3.